The molecule has 0 saturated carbocycles. The molecule has 8 nitrogen and oxygen atoms in total. The third-order valence-electron chi connectivity index (χ3n) is 5.38. The zero-order valence-corrected chi connectivity index (χ0v) is 18.3. The summed E-state index contributed by atoms with van der Waals surface area (Å²) in [6, 6.07) is 19.2. The Balaban J connectivity index is 1.57. The fourth-order valence-electron chi connectivity index (χ4n) is 3.58. The summed E-state index contributed by atoms with van der Waals surface area (Å²) in [6.45, 7) is 0.399. The molecule has 0 aliphatic rings. The van der Waals surface area contributed by atoms with Crippen molar-refractivity contribution in [3.8, 4) is 11.5 Å². The quantitative estimate of drug-likeness (QED) is 0.455. The van der Waals surface area contributed by atoms with Gasteiger partial charge in [0, 0.05) is 17.7 Å². The maximum absolute atomic E-state index is 12.9. The summed E-state index contributed by atoms with van der Waals surface area (Å²) in [7, 11) is 3.14. The van der Waals surface area contributed by atoms with E-state index >= 15 is 0 Å². The van der Waals surface area contributed by atoms with Crippen molar-refractivity contribution < 1.29 is 14.3 Å². The SMILES string of the molecule is COc1ccc(Cn2c(=O)[nH]c3cc(C(=O)NCc4ccccc4OC)ccc3c2=O)cc1. The first-order valence-electron chi connectivity index (χ1n) is 10.3. The molecule has 8 heteroatoms. The van der Waals surface area contributed by atoms with Crippen LogP contribution in [-0.2, 0) is 13.1 Å². The summed E-state index contributed by atoms with van der Waals surface area (Å²) in [6.07, 6.45) is 0. The van der Waals surface area contributed by atoms with Gasteiger partial charge in [0.05, 0.1) is 31.7 Å². The molecule has 4 rings (SSSR count). The molecule has 0 spiro atoms. The summed E-state index contributed by atoms with van der Waals surface area (Å²) in [5.74, 6) is 1.04. The second kappa shape index (κ2) is 9.44. The van der Waals surface area contributed by atoms with Crippen molar-refractivity contribution in [2.24, 2.45) is 0 Å². The Bertz CT molecular complexity index is 1420. The molecule has 0 aliphatic carbocycles. The van der Waals surface area contributed by atoms with E-state index in [2.05, 4.69) is 10.3 Å². The predicted octanol–water partition coefficient (Wildman–Crippen LogP) is 2.69. The van der Waals surface area contributed by atoms with Crippen LogP contribution < -0.4 is 26.0 Å². The Hall–Kier alpha value is -4.33. The van der Waals surface area contributed by atoms with E-state index in [-0.39, 0.29) is 19.0 Å². The predicted molar refractivity (Wildman–Crippen MR) is 125 cm³/mol. The molecule has 2 N–H and O–H groups in total. The smallest absolute Gasteiger partial charge is 0.329 e. The number of ether oxygens (including phenoxy) is 2. The lowest BCUT2D eigenvalue weighted by atomic mass is 10.1. The highest BCUT2D eigenvalue weighted by Gasteiger charge is 2.13. The fraction of sp³-hybridized carbons (Fsp3) is 0.160. The third-order valence-corrected chi connectivity index (χ3v) is 5.38. The monoisotopic (exact) mass is 445 g/mol. The Morgan fingerprint density at radius 3 is 2.45 bits per heavy atom. The topological polar surface area (TPSA) is 102 Å². The number of hydrogen-bond donors (Lipinski definition) is 2. The Labute approximate surface area is 189 Å². The summed E-state index contributed by atoms with van der Waals surface area (Å²) in [5, 5.41) is 3.16. The van der Waals surface area contributed by atoms with Crippen molar-refractivity contribution in [3.63, 3.8) is 0 Å². The largest absolute Gasteiger partial charge is 0.497 e. The van der Waals surface area contributed by atoms with Gasteiger partial charge in [-0.05, 0) is 42.0 Å². The number of fused-ring (bicyclic) bond motifs is 1. The van der Waals surface area contributed by atoms with Crippen molar-refractivity contribution in [2.75, 3.05) is 14.2 Å². The van der Waals surface area contributed by atoms with Crippen LogP contribution >= 0.6 is 0 Å². The fourth-order valence-corrected chi connectivity index (χ4v) is 3.58. The molecule has 0 radical (unpaired) electrons. The number of nitrogens with one attached hydrogen (secondary N) is 2. The average molecular weight is 445 g/mol. The molecule has 0 saturated heterocycles. The first kappa shape index (κ1) is 21.9. The number of carbonyl (C=O) groups excluding carboxylic acids is 1. The lowest BCUT2D eigenvalue weighted by Crippen LogP contribution is -2.35. The van der Waals surface area contributed by atoms with Crippen LogP contribution in [0, 0.1) is 0 Å². The summed E-state index contributed by atoms with van der Waals surface area (Å²) < 4.78 is 11.6. The molecule has 1 heterocycles. The van der Waals surface area contributed by atoms with Gasteiger partial charge in [0.15, 0.2) is 0 Å². The molecule has 0 bridgehead atoms. The van der Waals surface area contributed by atoms with Gasteiger partial charge in [0.25, 0.3) is 11.5 Å². The van der Waals surface area contributed by atoms with E-state index in [0.29, 0.717) is 28.0 Å². The molecule has 3 aromatic carbocycles. The highest BCUT2D eigenvalue weighted by atomic mass is 16.5. The zero-order valence-electron chi connectivity index (χ0n) is 18.3. The Morgan fingerprint density at radius 1 is 0.970 bits per heavy atom. The lowest BCUT2D eigenvalue weighted by Gasteiger charge is -2.10. The summed E-state index contributed by atoms with van der Waals surface area (Å²) >= 11 is 0. The number of hydrogen-bond acceptors (Lipinski definition) is 5. The average Bonchev–Trinajstić information content (AvgIpc) is 2.85. The molecular formula is C25H23N3O5. The molecule has 1 aromatic heterocycles. The van der Waals surface area contributed by atoms with Crippen LogP contribution in [0.1, 0.15) is 21.5 Å². The highest BCUT2D eigenvalue weighted by molar-refractivity contribution is 5.97. The zero-order chi connectivity index (χ0) is 23.4. The Morgan fingerprint density at radius 2 is 1.73 bits per heavy atom. The van der Waals surface area contributed by atoms with Gasteiger partial charge in [-0.1, -0.05) is 30.3 Å². The van der Waals surface area contributed by atoms with Crippen molar-refractivity contribution in [3.05, 3.63) is 104 Å². The number of benzene rings is 3. The second-order valence-electron chi connectivity index (χ2n) is 7.42. The van der Waals surface area contributed by atoms with Crippen LogP contribution in [-0.4, -0.2) is 29.7 Å². The first-order chi connectivity index (χ1) is 16.0. The van der Waals surface area contributed by atoms with E-state index in [4.69, 9.17) is 9.47 Å². The minimum atomic E-state index is -0.546. The number of amides is 1. The molecule has 0 atom stereocenters. The molecule has 0 aliphatic heterocycles. The second-order valence-corrected chi connectivity index (χ2v) is 7.42. The number of aromatic amines is 1. The number of H-pyrrole nitrogens is 1. The van der Waals surface area contributed by atoms with Crippen molar-refractivity contribution in [1.82, 2.24) is 14.9 Å². The Kier molecular flexibility index (Phi) is 6.26. The first-order valence-corrected chi connectivity index (χ1v) is 10.3. The molecule has 4 aromatic rings. The number of carbonyl (C=O) groups is 1. The van der Waals surface area contributed by atoms with Crippen LogP contribution in [0.15, 0.2) is 76.3 Å². The van der Waals surface area contributed by atoms with Gasteiger partial charge < -0.3 is 19.8 Å². The van der Waals surface area contributed by atoms with Gasteiger partial charge in [0.2, 0.25) is 0 Å². The van der Waals surface area contributed by atoms with E-state index in [1.807, 2.05) is 24.3 Å². The number of aromatic nitrogens is 2. The van der Waals surface area contributed by atoms with Gasteiger partial charge in [-0.2, -0.15) is 0 Å². The van der Waals surface area contributed by atoms with E-state index in [1.165, 1.54) is 6.07 Å². The van der Waals surface area contributed by atoms with Gasteiger partial charge in [-0.3, -0.25) is 14.2 Å². The lowest BCUT2D eigenvalue weighted by molar-refractivity contribution is 0.0951. The van der Waals surface area contributed by atoms with Crippen molar-refractivity contribution >= 4 is 16.8 Å². The van der Waals surface area contributed by atoms with Crippen LogP contribution in [0.25, 0.3) is 10.9 Å². The van der Waals surface area contributed by atoms with E-state index in [9.17, 15) is 14.4 Å². The van der Waals surface area contributed by atoms with Gasteiger partial charge in [0.1, 0.15) is 11.5 Å². The number of para-hydroxylation sites is 1. The molecule has 0 fully saturated rings. The summed E-state index contributed by atoms with van der Waals surface area (Å²) in [5.41, 5.74) is 1.29. The minimum absolute atomic E-state index is 0.120. The van der Waals surface area contributed by atoms with Gasteiger partial charge in [-0.25, -0.2) is 4.79 Å². The normalized spacial score (nSPS) is 10.7. The molecule has 0 unspecified atom stereocenters. The van der Waals surface area contributed by atoms with Crippen LogP contribution in [0.2, 0.25) is 0 Å². The van der Waals surface area contributed by atoms with Gasteiger partial charge in [-0.15, -0.1) is 0 Å². The van der Waals surface area contributed by atoms with Crippen molar-refractivity contribution in [2.45, 2.75) is 13.1 Å². The number of nitrogens with zero attached hydrogens (tertiary/aromatic N) is 1. The summed E-state index contributed by atoms with van der Waals surface area (Å²) in [4.78, 5) is 40.9. The van der Waals surface area contributed by atoms with Crippen molar-refractivity contribution in [1.29, 1.82) is 0 Å². The third kappa shape index (κ3) is 4.64. The van der Waals surface area contributed by atoms with Gasteiger partial charge >= 0.3 is 5.69 Å². The van der Waals surface area contributed by atoms with Crippen LogP contribution in [0.4, 0.5) is 0 Å². The highest BCUT2D eigenvalue weighted by Crippen LogP contribution is 2.17. The maximum atomic E-state index is 12.9. The van der Waals surface area contributed by atoms with E-state index < -0.39 is 11.2 Å². The molecule has 33 heavy (non-hydrogen) atoms. The molecule has 1 amide bonds. The maximum Gasteiger partial charge on any atom is 0.329 e. The molecular weight excluding hydrogens is 422 g/mol. The minimum Gasteiger partial charge on any atom is -0.497 e. The number of rotatable bonds is 7. The van der Waals surface area contributed by atoms with Crippen LogP contribution in [0.3, 0.4) is 0 Å². The number of methoxy groups -OCH3 is 2. The van der Waals surface area contributed by atoms with E-state index in [0.717, 1.165) is 15.7 Å². The van der Waals surface area contributed by atoms with Crippen LogP contribution in [0.5, 0.6) is 11.5 Å². The standard InChI is InChI=1S/C25H23N3O5/c1-32-19-10-7-16(8-11-19)15-28-24(30)20-12-9-17(13-21(20)27-25(28)31)23(29)26-14-18-5-3-4-6-22(18)33-2/h3-13H,14-15H2,1-2H3,(H,26,29)(H,27,31). The molecule has 168 valence electrons. The van der Waals surface area contributed by atoms with E-state index in [1.54, 1.807) is 50.6 Å².